The molecule has 0 aliphatic carbocycles. The standard InChI is InChI=1S/C8H11ClN2O/c9-8-4-6(2-1-3-12)7(10)5-11-8/h4-5,12H,1-3,10H2. The smallest absolute Gasteiger partial charge is 0.129 e. The van der Waals surface area contributed by atoms with Gasteiger partial charge in [-0.1, -0.05) is 11.6 Å². The van der Waals surface area contributed by atoms with Gasteiger partial charge >= 0.3 is 0 Å². The molecule has 1 aromatic rings. The third kappa shape index (κ3) is 2.36. The number of halogens is 1. The van der Waals surface area contributed by atoms with Gasteiger partial charge in [0.1, 0.15) is 5.15 Å². The van der Waals surface area contributed by atoms with Crippen LogP contribution >= 0.6 is 11.6 Å². The molecule has 3 N–H and O–H groups in total. The highest BCUT2D eigenvalue weighted by Crippen LogP contribution is 2.16. The monoisotopic (exact) mass is 186 g/mol. The maximum atomic E-state index is 8.60. The van der Waals surface area contributed by atoms with Crippen LogP contribution in [0.4, 0.5) is 5.69 Å². The lowest BCUT2D eigenvalue weighted by atomic mass is 10.1. The molecule has 1 aromatic heterocycles. The molecule has 0 saturated heterocycles. The average molecular weight is 187 g/mol. The Bertz CT molecular complexity index is 265. The van der Waals surface area contributed by atoms with E-state index in [-0.39, 0.29) is 6.61 Å². The van der Waals surface area contributed by atoms with Gasteiger partial charge in [0.15, 0.2) is 0 Å². The molecule has 0 bridgehead atoms. The van der Waals surface area contributed by atoms with Gasteiger partial charge in [-0.15, -0.1) is 0 Å². The number of aromatic nitrogens is 1. The molecule has 0 aliphatic heterocycles. The molecular weight excluding hydrogens is 176 g/mol. The number of aliphatic hydroxyl groups excluding tert-OH is 1. The van der Waals surface area contributed by atoms with E-state index in [0.717, 1.165) is 12.0 Å². The SMILES string of the molecule is Nc1cnc(Cl)cc1CCCO. The summed E-state index contributed by atoms with van der Waals surface area (Å²) in [6.45, 7) is 0.166. The van der Waals surface area contributed by atoms with E-state index in [1.54, 1.807) is 6.07 Å². The van der Waals surface area contributed by atoms with E-state index in [9.17, 15) is 0 Å². The van der Waals surface area contributed by atoms with Crippen LogP contribution in [0, 0.1) is 0 Å². The van der Waals surface area contributed by atoms with Crippen molar-refractivity contribution in [1.29, 1.82) is 0 Å². The first-order chi connectivity index (χ1) is 5.74. The Hall–Kier alpha value is -0.800. The van der Waals surface area contributed by atoms with Gasteiger partial charge in [0.25, 0.3) is 0 Å². The van der Waals surface area contributed by atoms with Crippen LogP contribution in [0.1, 0.15) is 12.0 Å². The number of aliphatic hydroxyl groups is 1. The summed E-state index contributed by atoms with van der Waals surface area (Å²) in [6, 6.07) is 1.73. The second-order valence-electron chi connectivity index (χ2n) is 2.53. The van der Waals surface area contributed by atoms with E-state index in [1.165, 1.54) is 6.20 Å². The van der Waals surface area contributed by atoms with Gasteiger partial charge in [0, 0.05) is 6.61 Å². The number of nitrogens with zero attached hydrogens (tertiary/aromatic N) is 1. The summed E-state index contributed by atoms with van der Waals surface area (Å²) in [5, 5.41) is 9.04. The highest BCUT2D eigenvalue weighted by Gasteiger charge is 2.00. The number of aryl methyl sites for hydroxylation is 1. The van der Waals surface area contributed by atoms with Crippen molar-refractivity contribution in [1.82, 2.24) is 4.98 Å². The van der Waals surface area contributed by atoms with Crippen molar-refractivity contribution in [3.63, 3.8) is 0 Å². The van der Waals surface area contributed by atoms with Crippen molar-refractivity contribution in [3.05, 3.63) is 23.0 Å². The number of rotatable bonds is 3. The molecule has 4 heteroatoms. The Balaban J connectivity index is 2.75. The quantitative estimate of drug-likeness (QED) is 0.699. The van der Waals surface area contributed by atoms with Gasteiger partial charge in [-0.25, -0.2) is 4.98 Å². The number of anilines is 1. The fourth-order valence-corrected chi connectivity index (χ4v) is 1.15. The summed E-state index contributed by atoms with van der Waals surface area (Å²) < 4.78 is 0. The van der Waals surface area contributed by atoms with Crippen molar-refractivity contribution in [3.8, 4) is 0 Å². The lowest BCUT2D eigenvalue weighted by Crippen LogP contribution is -1.97. The molecule has 0 saturated carbocycles. The summed E-state index contributed by atoms with van der Waals surface area (Å²) in [4.78, 5) is 3.83. The number of hydrogen-bond donors (Lipinski definition) is 2. The number of pyridine rings is 1. The second kappa shape index (κ2) is 4.28. The van der Waals surface area contributed by atoms with Gasteiger partial charge in [-0.2, -0.15) is 0 Å². The number of nitrogen functional groups attached to an aromatic ring is 1. The van der Waals surface area contributed by atoms with E-state index in [0.29, 0.717) is 17.3 Å². The molecule has 0 radical (unpaired) electrons. The Morgan fingerprint density at radius 2 is 2.33 bits per heavy atom. The van der Waals surface area contributed by atoms with Gasteiger partial charge in [0.05, 0.1) is 11.9 Å². The molecule has 0 aliphatic rings. The zero-order chi connectivity index (χ0) is 8.97. The maximum absolute atomic E-state index is 8.60. The van der Waals surface area contributed by atoms with Crippen LogP contribution in [0.25, 0.3) is 0 Å². The van der Waals surface area contributed by atoms with E-state index in [2.05, 4.69) is 4.98 Å². The predicted molar refractivity (Wildman–Crippen MR) is 49.1 cm³/mol. The minimum atomic E-state index is 0.166. The second-order valence-corrected chi connectivity index (χ2v) is 2.92. The Kier molecular flexibility index (Phi) is 3.31. The maximum Gasteiger partial charge on any atom is 0.129 e. The highest BCUT2D eigenvalue weighted by molar-refractivity contribution is 6.29. The molecule has 3 nitrogen and oxygen atoms in total. The Labute approximate surface area is 76.2 Å². The summed E-state index contributed by atoms with van der Waals surface area (Å²) in [5.74, 6) is 0. The first-order valence-corrected chi connectivity index (χ1v) is 4.12. The summed E-state index contributed by atoms with van der Waals surface area (Å²) in [7, 11) is 0. The van der Waals surface area contributed by atoms with Gasteiger partial charge in [-0.3, -0.25) is 0 Å². The van der Waals surface area contributed by atoms with Crippen molar-refractivity contribution in [2.24, 2.45) is 0 Å². The summed E-state index contributed by atoms with van der Waals surface area (Å²) in [5.41, 5.74) is 7.21. The minimum absolute atomic E-state index is 0.166. The predicted octanol–water partition coefficient (Wildman–Crippen LogP) is 1.24. The molecule has 0 fully saturated rings. The van der Waals surface area contributed by atoms with Crippen molar-refractivity contribution >= 4 is 17.3 Å². The van der Waals surface area contributed by atoms with Crippen LogP contribution < -0.4 is 5.73 Å². The fourth-order valence-electron chi connectivity index (χ4n) is 0.965. The van der Waals surface area contributed by atoms with Crippen molar-refractivity contribution in [2.45, 2.75) is 12.8 Å². The molecule has 0 atom stereocenters. The van der Waals surface area contributed by atoms with Crippen LogP contribution in [0.5, 0.6) is 0 Å². The lowest BCUT2D eigenvalue weighted by Gasteiger charge is -2.03. The van der Waals surface area contributed by atoms with Gasteiger partial charge in [0.2, 0.25) is 0 Å². The molecule has 0 aromatic carbocycles. The molecule has 0 amide bonds. The molecule has 66 valence electrons. The van der Waals surface area contributed by atoms with Crippen LogP contribution in [0.15, 0.2) is 12.3 Å². The minimum Gasteiger partial charge on any atom is -0.397 e. The van der Waals surface area contributed by atoms with E-state index in [1.807, 2.05) is 0 Å². The molecule has 0 unspecified atom stereocenters. The number of nitrogens with two attached hydrogens (primary N) is 1. The van der Waals surface area contributed by atoms with Gasteiger partial charge < -0.3 is 10.8 Å². The zero-order valence-electron chi connectivity index (χ0n) is 6.63. The third-order valence-corrected chi connectivity index (χ3v) is 1.80. The third-order valence-electron chi connectivity index (χ3n) is 1.60. The van der Waals surface area contributed by atoms with Gasteiger partial charge in [-0.05, 0) is 24.5 Å². The van der Waals surface area contributed by atoms with E-state index < -0.39 is 0 Å². The van der Waals surface area contributed by atoms with Crippen LogP contribution in [-0.2, 0) is 6.42 Å². The van der Waals surface area contributed by atoms with E-state index in [4.69, 9.17) is 22.4 Å². The molecule has 1 heterocycles. The topological polar surface area (TPSA) is 59.1 Å². The highest BCUT2D eigenvalue weighted by atomic mass is 35.5. The van der Waals surface area contributed by atoms with E-state index >= 15 is 0 Å². The lowest BCUT2D eigenvalue weighted by molar-refractivity contribution is 0.288. The molecular formula is C8H11ClN2O. The Morgan fingerprint density at radius 3 is 3.00 bits per heavy atom. The fraction of sp³-hybridized carbons (Fsp3) is 0.375. The van der Waals surface area contributed by atoms with Crippen molar-refractivity contribution < 1.29 is 5.11 Å². The molecule has 1 rings (SSSR count). The largest absolute Gasteiger partial charge is 0.397 e. The van der Waals surface area contributed by atoms with Crippen LogP contribution in [-0.4, -0.2) is 16.7 Å². The zero-order valence-corrected chi connectivity index (χ0v) is 7.38. The molecule has 0 spiro atoms. The first-order valence-electron chi connectivity index (χ1n) is 3.75. The van der Waals surface area contributed by atoms with Crippen molar-refractivity contribution in [2.75, 3.05) is 12.3 Å². The van der Waals surface area contributed by atoms with Crippen LogP contribution in [0.2, 0.25) is 5.15 Å². The Morgan fingerprint density at radius 1 is 1.58 bits per heavy atom. The summed E-state index contributed by atoms with van der Waals surface area (Å²) >= 11 is 5.67. The number of hydrogen-bond acceptors (Lipinski definition) is 3. The average Bonchev–Trinajstić information content (AvgIpc) is 2.07. The summed E-state index contributed by atoms with van der Waals surface area (Å²) in [6.07, 6.45) is 2.98. The first kappa shape index (κ1) is 9.29. The normalized spacial score (nSPS) is 10.2. The molecule has 12 heavy (non-hydrogen) atoms. The van der Waals surface area contributed by atoms with Crippen LogP contribution in [0.3, 0.4) is 0 Å².